The van der Waals surface area contributed by atoms with E-state index in [1.54, 1.807) is 0 Å². The van der Waals surface area contributed by atoms with Crippen molar-refractivity contribution in [3.63, 3.8) is 0 Å². The molecular formula is C12H15NO3. The molecule has 1 amide bonds. The lowest BCUT2D eigenvalue weighted by atomic mass is 10.3. The standard InChI is InChI=1S/C12H15NO3/c1-9(14)13-11-4-2-3-5-12(11)15-7-6-10-8-16-10/h2-5,10H,6-8H2,1H3,(H,13,14). The molecule has 1 aliphatic heterocycles. The Balaban J connectivity index is 1.91. The number of para-hydroxylation sites is 2. The van der Waals surface area contributed by atoms with E-state index in [1.165, 1.54) is 6.92 Å². The minimum atomic E-state index is -0.0958. The Morgan fingerprint density at radius 2 is 2.31 bits per heavy atom. The molecule has 0 radical (unpaired) electrons. The van der Waals surface area contributed by atoms with Gasteiger partial charge in [0.15, 0.2) is 0 Å². The second-order valence-electron chi connectivity index (χ2n) is 3.77. The molecule has 4 heteroatoms. The number of benzene rings is 1. The molecule has 1 aromatic rings. The third-order valence-corrected chi connectivity index (χ3v) is 2.30. The number of nitrogens with one attached hydrogen (secondary N) is 1. The Labute approximate surface area is 94.6 Å². The Morgan fingerprint density at radius 1 is 1.56 bits per heavy atom. The first-order valence-electron chi connectivity index (χ1n) is 5.37. The smallest absolute Gasteiger partial charge is 0.221 e. The zero-order valence-electron chi connectivity index (χ0n) is 9.23. The number of hydrogen-bond acceptors (Lipinski definition) is 3. The van der Waals surface area contributed by atoms with E-state index in [0.717, 1.165) is 13.0 Å². The van der Waals surface area contributed by atoms with Crippen LogP contribution in [0.5, 0.6) is 5.75 Å². The van der Waals surface area contributed by atoms with E-state index < -0.39 is 0 Å². The van der Waals surface area contributed by atoms with Crippen LogP contribution in [0.2, 0.25) is 0 Å². The van der Waals surface area contributed by atoms with E-state index in [4.69, 9.17) is 9.47 Å². The molecule has 1 atom stereocenters. The van der Waals surface area contributed by atoms with E-state index in [0.29, 0.717) is 24.1 Å². The molecule has 0 bridgehead atoms. The highest BCUT2D eigenvalue weighted by atomic mass is 16.6. The Hall–Kier alpha value is -1.55. The highest BCUT2D eigenvalue weighted by molar-refractivity contribution is 5.90. The maximum atomic E-state index is 11.0. The summed E-state index contributed by atoms with van der Waals surface area (Å²) in [6, 6.07) is 7.42. The van der Waals surface area contributed by atoms with Gasteiger partial charge in [0.1, 0.15) is 5.75 Å². The predicted molar refractivity (Wildman–Crippen MR) is 60.6 cm³/mol. The van der Waals surface area contributed by atoms with Gasteiger partial charge in [-0.05, 0) is 12.1 Å². The average Bonchev–Trinajstić information content (AvgIpc) is 3.04. The van der Waals surface area contributed by atoms with E-state index in [1.807, 2.05) is 24.3 Å². The average molecular weight is 221 g/mol. The number of amides is 1. The molecule has 1 N–H and O–H groups in total. The molecule has 1 heterocycles. The summed E-state index contributed by atoms with van der Waals surface area (Å²) in [7, 11) is 0. The third kappa shape index (κ3) is 3.24. The van der Waals surface area contributed by atoms with Crippen LogP contribution in [0.4, 0.5) is 5.69 Å². The van der Waals surface area contributed by atoms with E-state index in [-0.39, 0.29) is 5.91 Å². The maximum Gasteiger partial charge on any atom is 0.221 e. The number of carbonyl (C=O) groups excluding carboxylic acids is 1. The van der Waals surface area contributed by atoms with Gasteiger partial charge >= 0.3 is 0 Å². The molecule has 1 unspecified atom stereocenters. The van der Waals surface area contributed by atoms with Crippen molar-refractivity contribution in [3.8, 4) is 5.75 Å². The maximum absolute atomic E-state index is 11.0. The van der Waals surface area contributed by atoms with Gasteiger partial charge in [-0.1, -0.05) is 12.1 Å². The molecular weight excluding hydrogens is 206 g/mol. The summed E-state index contributed by atoms with van der Waals surface area (Å²) in [5.41, 5.74) is 0.715. The molecule has 0 saturated carbocycles. The molecule has 4 nitrogen and oxygen atoms in total. The van der Waals surface area contributed by atoms with Crippen LogP contribution >= 0.6 is 0 Å². The topological polar surface area (TPSA) is 50.9 Å². The van der Waals surface area contributed by atoms with Crippen molar-refractivity contribution in [1.29, 1.82) is 0 Å². The SMILES string of the molecule is CC(=O)Nc1ccccc1OCCC1CO1. The van der Waals surface area contributed by atoms with Crippen molar-refractivity contribution >= 4 is 11.6 Å². The van der Waals surface area contributed by atoms with Crippen LogP contribution < -0.4 is 10.1 Å². The lowest BCUT2D eigenvalue weighted by molar-refractivity contribution is -0.114. The molecule has 0 aliphatic carbocycles. The molecule has 1 saturated heterocycles. The first-order chi connectivity index (χ1) is 7.75. The molecule has 86 valence electrons. The summed E-state index contributed by atoms with van der Waals surface area (Å²) in [6.45, 7) is 2.94. The van der Waals surface area contributed by atoms with Gasteiger partial charge < -0.3 is 14.8 Å². The molecule has 16 heavy (non-hydrogen) atoms. The van der Waals surface area contributed by atoms with Gasteiger partial charge in [-0.2, -0.15) is 0 Å². The van der Waals surface area contributed by atoms with Crippen molar-refractivity contribution in [2.45, 2.75) is 19.4 Å². The number of anilines is 1. The Kier molecular flexibility index (Phi) is 3.41. The summed E-state index contributed by atoms with van der Waals surface area (Å²) in [6.07, 6.45) is 1.27. The monoisotopic (exact) mass is 221 g/mol. The highest BCUT2D eigenvalue weighted by Crippen LogP contribution is 2.24. The van der Waals surface area contributed by atoms with E-state index >= 15 is 0 Å². The highest BCUT2D eigenvalue weighted by Gasteiger charge is 2.21. The predicted octanol–water partition coefficient (Wildman–Crippen LogP) is 1.81. The van der Waals surface area contributed by atoms with Crippen molar-refractivity contribution in [2.24, 2.45) is 0 Å². The quantitative estimate of drug-likeness (QED) is 0.771. The number of epoxide rings is 1. The molecule has 0 spiro atoms. The molecule has 1 fully saturated rings. The van der Waals surface area contributed by atoms with Gasteiger partial charge in [0.05, 0.1) is 25.0 Å². The number of hydrogen-bond donors (Lipinski definition) is 1. The number of ether oxygens (including phenoxy) is 2. The Bertz CT molecular complexity index is 374. The summed E-state index contributed by atoms with van der Waals surface area (Å²) < 4.78 is 10.7. The fraction of sp³-hybridized carbons (Fsp3) is 0.417. The lowest BCUT2D eigenvalue weighted by Gasteiger charge is -2.10. The third-order valence-electron chi connectivity index (χ3n) is 2.30. The van der Waals surface area contributed by atoms with Crippen molar-refractivity contribution in [2.75, 3.05) is 18.5 Å². The number of rotatable bonds is 5. The lowest BCUT2D eigenvalue weighted by Crippen LogP contribution is -2.08. The van der Waals surface area contributed by atoms with Gasteiger partial charge in [-0.15, -0.1) is 0 Å². The van der Waals surface area contributed by atoms with Gasteiger partial charge in [-0.25, -0.2) is 0 Å². The fourth-order valence-corrected chi connectivity index (χ4v) is 1.42. The summed E-state index contributed by atoms with van der Waals surface area (Å²) in [4.78, 5) is 11.0. The molecule has 2 rings (SSSR count). The molecule has 1 aromatic carbocycles. The van der Waals surface area contributed by atoms with Crippen LogP contribution in [0, 0.1) is 0 Å². The second kappa shape index (κ2) is 4.99. The number of carbonyl (C=O) groups is 1. The zero-order chi connectivity index (χ0) is 11.4. The molecule has 1 aliphatic rings. The van der Waals surface area contributed by atoms with Crippen LogP contribution in [-0.2, 0) is 9.53 Å². The minimum absolute atomic E-state index is 0.0958. The van der Waals surface area contributed by atoms with Crippen LogP contribution in [0.25, 0.3) is 0 Å². The first-order valence-corrected chi connectivity index (χ1v) is 5.37. The largest absolute Gasteiger partial charge is 0.491 e. The first kappa shape index (κ1) is 11.0. The van der Waals surface area contributed by atoms with Crippen molar-refractivity contribution in [1.82, 2.24) is 0 Å². The van der Waals surface area contributed by atoms with Crippen LogP contribution in [0.1, 0.15) is 13.3 Å². The van der Waals surface area contributed by atoms with Crippen LogP contribution in [0.15, 0.2) is 24.3 Å². The molecule has 0 aromatic heterocycles. The van der Waals surface area contributed by atoms with Crippen LogP contribution in [0.3, 0.4) is 0 Å². The van der Waals surface area contributed by atoms with E-state index in [2.05, 4.69) is 5.32 Å². The summed E-state index contributed by atoms with van der Waals surface area (Å²) in [5, 5.41) is 2.73. The van der Waals surface area contributed by atoms with Gasteiger partial charge in [0.25, 0.3) is 0 Å². The Morgan fingerprint density at radius 3 is 3.00 bits per heavy atom. The van der Waals surface area contributed by atoms with E-state index in [9.17, 15) is 4.79 Å². The van der Waals surface area contributed by atoms with Crippen molar-refractivity contribution in [3.05, 3.63) is 24.3 Å². The second-order valence-corrected chi connectivity index (χ2v) is 3.77. The summed E-state index contributed by atoms with van der Waals surface area (Å²) >= 11 is 0. The van der Waals surface area contributed by atoms with Crippen molar-refractivity contribution < 1.29 is 14.3 Å². The van der Waals surface area contributed by atoms with Gasteiger partial charge in [0.2, 0.25) is 5.91 Å². The van der Waals surface area contributed by atoms with Gasteiger partial charge in [-0.3, -0.25) is 4.79 Å². The zero-order valence-corrected chi connectivity index (χ0v) is 9.23. The summed E-state index contributed by atoms with van der Waals surface area (Å²) in [5.74, 6) is 0.611. The normalized spacial score (nSPS) is 17.9. The van der Waals surface area contributed by atoms with Gasteiger partial charge in [0, 0.05) is 13.3 Å². The van der Waals surface area contributed by atoms with Crippen LogP contribution in [-0.4, -0.2) is 25.2 Å². The minimum Gasteiger partial charge on any atom is -0.491 e. The fourth-order valence-electron chi connectivity index (χ4n) is 1.42.